The second-order valence-electron chi connectivity index (χ2n) is 3.73. The van der Waals surface area contributed by atoms with E-state index in [4.69, 9.17) is 10.2 Å². The highest BCUT2D eigenvalue weighted by molar-refractivity contribution is 7.99. The summed E-state index contributed by atoms with van der Waals surface area (Å²) in [5.41, 5.74) is 7.27. The lowest BCUT2D eigenvalue weighted by atomic mass is 10.3. The molecule has 0 saturated heterocycles. The Labute approximate surface area is 107 Å². The van der Waals surface area contributed by atoms with Crippen LogP contribution >= 0.6 is 11.8 Å². The van der Waals surface area contributed by atoms with E-state index in [2.05, 4.69) is 15.0 Å². The van der Waals surface area contributed by atoms with Gasteiger partial charge in [0.1, 0.15) is 22.2 Å². The fourth-order valence-corrected chi connectivity index (χ4v) is 2.41. The molecule has 3 aromatic rings. The summed E-state index contributed by atoms with van der Waals surface area (Å²) in [6.45, 7) is 1.80. The van der Waals surface area contributed by atoms with Crippen LogP contribution in [0.5, 0.6) is 0 Å². The Hall–Kier alpha value is -2.08. The lowest BCUT2D eigenvalue weighted by Crippen LogP contribution is -1.96. The summed E-state index contributed by atoms with van der Waals surface area (Å²) in [5, 5.41) is 1.28. The second-order valence-corrected chi connectivity index (χ2v) is 4.70. The van der Waals surface area contributed by atoms with Crippen molar-refractivity contribution >= 4 is 28.7 Å². The number of rotatable bonds is 2. The summed E-state index contributed by atoms with van der Waals surface area (Å²) in [4.78, 5) is 12.7. The van der Waals surface area contributed by atoms with Crippen LogP contribution in [0.3, 0.4) is 0 Å². The minimum absolute atomic E-state index is 0.445. The third kappa shape index (κ3) is 2.14. The van der Waals surface area contributed by atoms with Crippen molar-refractivity contribution < 1.29 is 4.42 Å². The SMILES string of the molecule is Cc1nc(N)cc(Sc2nc3ccccc3o2)n1. The van der Waals surface area contributed by atoms with Gasteiger partial charge in [-0.2, -0.15) is 0 Å². The van der Waals surface area contributed by atoms with Gasteiger partial charge < -0.3 is 10.2 Å². The summed E-state index contributed by atoms with van der Waals surface area (Å²) < 4.78 is 5.60. The smallest absolute Gasteiger partial charge is 0.263 e. The van der Waals surface area contributed by atoms with Gasteiger partial charge in [0.05, 0.1) is 0 Å². The molecule has 2 aromatic heterocycles. The molecule has 0 radical (unpaired) electrons. The molecule has 0 aliphatic carbocycles. The van der Waals surface area contributed by atoms with Gasteiger partial charge in [0.15, 0.2) is 5.58 Å². The van der Waals surface area contributed by atoms with E-state index in [9.17, 15) is 0 Å². The number of hydrogen-bond donors (Lipinski definition) is 1. The van der Waals surface area contributed by atoms with E-state index in [1.54, 1.807) is 13.0 Å². The van der Waals surface area contributed by atoms with E-state index in [1.807, 2.05) is 24.3 Å². The maximum Gasteiger partial charge on any atom is 0.263 e. The number of nitrogen functional groups attached to an aromatic ring is 1. The largest absolute Gasteiger partial charge is 0.431 e. The van der Waals surface area contributed by atoms with Crippen LogP contribution in [-0.4, -0.2) is 15.0 Å². The van der Waals surface area contributed by atoms with E-state index >= 15 is 0 Å². The number of anilines is 1. The standard InChI is InChI=1S/C12H10N4OS/c1-7-14-10(13)6-11(15-7)18-12-16-8-4-2-3-5-9(8)17-12/h2-6H,1H3,(H2,13,14,15). The third-order valence-corrected chi connectivity index (χ3v) is 3.07. The average molecular weight is 258 g/mol. The number of benzene rings is 1. The highest BCUT2D eigenvalue weighted by Gasteiger charge is 2.09. The topological polar surface area (TPSA) is 77.8 Å². The molecule has 0 fully saturated rings. The molecule has 0 bridgehead atoms. The number of nitrogens with zero attached hydrogens (tertiary/aromatic N) is 3. The molecule has 1 aromatic carbocycles. The fraction of sp³-hybridized carbons (Fsp3) is 0.0833. The van der Waals surface area contributed by atoms with E-state index in [-0.39, 0.29) is 0 Å². The lowest BCUT2D eigenvalue weighted by Gasteiger charge is -1.99. The summed E-state index contributed by atoms with van der Waals surface area (Å²) in [7, 11) is 0. The summed E-state index contributed by atoms with van der Waals surface area (Å²) in [6.07, 6.45) is 0. The van der Waals surface area contributed by atoms with Gasteiger partial charge in [-0.3, -0.25) is 0 Å². The zero-order valence-electron chi connectivity index (χ0n) is 9.62. The first kappa shape index (κ1) is 11.0. The molecule has 0 unspecified atom stereocenters. The predicted molar refractivity (Wildman–Crippen MR) is 69.3 cm³/mol. The van der Waals surface area contributed by atoms with Gasteiger partial charge in [0.2, 0.25) is 0 Å². The van der Waals surface area contributed by atoms with Crippen molar-refractivity contribution in [3.63, 3.8) is 0 Å². The number of aromatic nitrogens is 3. The average Bonchev–Trinajstić information content (AvgIpc) is 2.69. The monoisotopic (exact) mass is 258 g/mol. The Kier molecular flexibility index (Phi) is 2.64. The highest BCUT2D eigenvalue weighted by Crippen LogP contribution is 2.29. The Morgan fingerprint density at radius 1 is 1.17 bits per heavy atom. The Morgan fingerprint density at radius 3 is 2.78 bits per heavy atom. The molecule has 0 amide bonds. The molecule has 0 aliphatic heterocycles. The van der Waals surface area contributed by atoms with Crippen molar-refractivity contribution in [1.82, 2.24) is 15.0 Å². The molecule has 0 saturated carbocycles. The van der Waals surface area contributed by atoms with Crippen molar-refractivity contribution in [2.45, 2.75) is 17.2 Å². The number of nitrogens with two attached hydrogens (primary N) is 1. The van der Waals surface area contributed by atoms with Gasteiger partial charge in [0.25, 0.3) is 5.22 Å². The van der Waals surface area contributed by atoms with Crippen LogP contribution in [0.1, 0.15) is 5.82 Å². The molecule has 2 N–H and O–H groups in total. The van der Waals surface area contributed by atoms with Crippen molar-refractivity contribution in [2.75, 3.05) is 5.73 Å². The van der Waals surface area contributed by atoms with E-state index in [0.717, 1.165) is 16.1 Å². The van der Waals surface area contributed by atoms with Gasteiger partial charge in [-0.1, -0.05) is 12.1 Å². The van der Waals surface area contributed by atoms with Crippen molar-refractivity contribution in [2.24, 2.45) is 0 Å². The molecule has 0 aliphatic rings. The van der Waals surface area contributed by atoms with Gasteiger partial charge in [0, 0.05) is 6.07 Å². The number of oxazole rings is 1. The summed E-state index contributed by atoms with van der Waals surface area (Å²) >= 11 is 1.33. The van der Waals surface area contributed by atoms with Gasteiger partial charge in [-0.25, -0.2) is 15.0 Å². The van der Waals surface area contributed by atoms with Crippen LogP contribution in [0.2, 0.25) is 0 Å². The number of fused-ring (bicyclic) bond motifs is 1. The Balaban J connectivity index is 1.96. The normalized spacial score (nSPS) is 10.9. The quantitative estimate of drug-likeness (QED) is 0.712. The first-order chi connectivity index (χ1) is 8.70. The van der Waals surface area contributed by atoms with Crippen LogP contribution < -0.4 is 5.73 Å². The summed E-state index contributed by atoms with van der Waals surface area (Å²) in [5.74, 6) is 1.08. The van der Waals surface area contributed by atoms with Crippen molar-refractivity contribution in [3.05, 3.63) is 36.2 Å². The Morgan fingerprint density at radius 2 is 2.00 bits per heavy atom. The van der Waals surface area contributed by atoms with Crippen molar-refractivity contribution in [3.8, 4) is 0 Å². The maximum atomic E-state index is 5.67. The molecule has 6 heteroatoms. The van der Waals surface area contributed by atoms with E-state index < -0.39 is 0 Å². The van der Waals surface area contributed by atoms with Crippen LogP contribution in [0.4, 0.5) is 5.82 Å². The lowest BCUT2D eigenvalue weighted by molar-refractivity contribution is 0.489. The molecule has 0 atom stereocenters. The number of aryl methyl sites for hydroxylation is 1. The molecule has 18 heavy (non-hydrogen) atoms. The van der Waals surface area contributed by atoms with Gasteiger partial charge >= 0.3 is 0 Å². The third-order valence-electron chi connectivity index (χ3n) is 2.30. The summed E-state index contributed by atoms with van der Waals surface area (Å²) in [6, 6.07) is 9.32. The van der Waals surface area contributed by atoms with Gasteiger partial charge in [-0.05, 0) is 30.8 Å². The fourth-order valence-electron chi connectivity index (χ4n) is 1.60. The molecule has 0 spiro atoms. The molecular weight excluding hydrogens is 248 g/mol. The number of hydrogen-bond acceptors (Lipinski definition) is 6. The highest BCUT2D eigenvalue weighted by atomic mass is 32.2. The molecule has 90 valence electrons. The van der Waals surface area contributed by atoms with Crippen LogP contribution in [-0.2, 0) is 0 Å². The first-order valence-corrected chi connectivity index (χ1v) is 6.17. The van der Waals surface area contributed by atoms with E-state index in [1.165, 1.54) is 11.8 Å². The molecular formula is C12H10N4OS. The Bertz CT molecular complexity index is 657. The molecule has 2 heterocycles. The minimum atomic E-state index is 0.445. The minimum Gasteiger partial charge on any atom is -0.431 e. The zero-order valence-corrected chi connectivity index (χ0v) is 10.4. The second kappa shape index (κ2) is 4.30. The molecule has 5 nitrogen and oxygen atoms in total. The van der Waals surface area contributed by atoms with Crippen LogP contribution in [0, 0.1) is 6.92 Å². The first-order valence-electron chi connectivity index (χ1n) is 5.35. The van der Waals surface area contributed by atoms with Crippen molar-refractivity contribution in [1.29, 1.82) is 0 Å². The molecule has 3 rings (SSSR count). The van der Waals surface area contributed by atoms with E-state index in [0.29, 0.717) is 16.9 Å². The number of para-hydroxylation sites is 2. The zero-order chi connectivity index (χ0) is 12.5. The predicted octanol–water partition coefficient (Wildman–Crippen LogP) is 2.66. The maximum absolute atomic E-state index is 5.67. The van der Waals surface area contributed by atoms with Crippen LogP contribution in [0.15, 0.2) is 45.0 Å². The van der Waals surface area contributed by atoms with Gasteiger partial charge in [-0.15, -0.1) is 0 Å². The van der Waals surface area contributed by atoms with Crippen LogP contribution in [0.25, 0.3) is 11.1 Å².